The van der Waals surface area contributed by atoms with Crippen LogP contribution < -0.4 is 15.4 Å². The number of ether oxygens (including phenoxy) is 1. The van der Waals surface area contributed by atoms with Gasteiger partial charge in [-0.05, 0) is 49.4 Å². The third-order valence-electron chi connectivity index (χ3n) is 3.31. The molecule has 2 aromatic carbocycles. The van der Waals surface area contributed by atoms with Gasteiger partial charge in [-0.3, -0.25) is 14.4 Å². The molecule has 0 aliphatic carbocycles. The number of nitrogens with one attached hydrogen (secondary N) is 2. The number of rotatable bonds is 5. The maximum absolute atomic E-state index is 12.5. The van der Waals surface area contributed by atoms with Gasteiger partial charge in [0.25, 0.3) is 5.91 Å². The molecule has 0 unspecified atom stereocenters. The first kappa shape index (κ1) is 17.2. The van der Waals surface area contributed by atoms with E-state index in [0.29, 0.717) is 28.3 Å². The Balaban J connectivity index is 2.24. The largest absolute Gasteiger partial charge is 0.496 e. The first-order chi connectivity index (χ1) is 11.4. The highest BCUT2D eigenvalue weighted by molar-refractivity contribution is 6.07. The smallest absolute Gasteiger partial charge is 0.259 e. The molecule has 0 radical (unpaired) electrons. The zero-order valence-electron chi connectivity index (χ0n) is 13.7. The van der Waals surface area contributed by atoms with E-state index in [-0.39, 0.29) is 17.6 Å². The lowest BCUT2D eigenvalue weighted by molar-refractivity contribution is -0.114. The van der Waals surface area contributed by atoms with E-state index in [9.17, 15) is 14.4 Å². The predicted octanol–water partition coefficient (Wildman–Crippen LogP) is 3.11. The normalized spacial score (nSPS) is 9.96. The Kier molecular flexibility index (Phi) is 5.31. The van der Waals surface area contributed by atoms with Gasteiger partial charge in [0.05, 0.1) is 12.7 Å². The topological polar surface area (TPSA) is 84.5 Å². The molecule has 24 heavy (non-hydrogen) atoms. The van der Waals surface area contributed by atoms with Crippen LogP contribution in [-0.2, 0) is 4.79 Å². The van der Waals surface area contributed by atoms with E-state index in [1.165, 1.54) is 21.0 Å². The van der Waals surface area contributed by atoms with Crippen molar-refractivity contribution >= 4 is 29.0 Å². The third kappa shape index (κ3) is 4.19. The number of ketones is 1. The van der Waals surface area contributed by atoms with Crippen LogP contribution in [-0.4, -0.2) is 24.7 Å². The average molecular weight is 326 g/mol. The van der Waals surface area contributed by atoms with Crippen molar-refractivity contribution < 1.29 is 19.1 Å². The van der Waals surface area contributed by atoms with Gasteiger partial charge in [-0.15, -0.1) is 0 Å². The Morgan fingerprint density at radius 2 is 1.50 bits per heavy atom. The minimum atomic E-state index is -0.380. The summed E-state index contributed by atoms with van der Waals surface area (Å²) in [6.45, 7) is 2.87. The van der Waals surface area contributed by atoms with Crippen LogP contribution in [0.4, 0.5) is 11.4 Å². The van der Waals surface area contributed by atoms with Crippen molar-refractivity contribution in [2.75, 3.05) is 17.7 Å². The highest BCUT2D eigenvalue weighted by Crippen LogP contribution is 2.24. The van der Waals surface area contributed by atoms with Crippen LogP contribution in [0.25, 0.3) is 0 Å². The summed E-state index contributed by atoms with van der Waals surface area (Å²) < 4.78 is 5.20. The second kappa shape index (κ2) is 7.41. The molecule has 0 saturated carbocycles. The summed E-state index contributed by atoms with van der Waals surface area (Å²) in [6.07, 6.45) is 0. The molecule has 0 aliphatic rings. The maximum Gasteiger partial charge on any atom is 0.259 e. The Labute approximate surface area is 139 Å². The zero-order valence-corrected chi connectivity index (χ0v) is 13.7. The lowest BCUT2D eigenvalue weighted by Crippen LogP contribution is -2.14. The number of carbonyl (C=O) groups excluding carboxylic acids is 3. The quantitative estimate of drug-likeness (QED) is 0.827. The lowest BCUT2D eigenvalue weighted by Gasteiger charge is -2.12. The number of amides is 2. The maximum atomic E-state index is 12.5. The SMILES string of the molecule is COc1ccc(NC(C)=O)cc1C(=O)Nc1ccc(C(C)=O)cc1. The van der Waals surface area contributed by atoms with Crippen molar-refractivity contribution in [3.8, 4) is 5.75 Å². The fourth-order valence-electron chi connectivity index (χ4n) is 2.15. The zero-order chi connectivity index (χ0) is 17.7. The van der Waals surface area contributed by atoms with Crippen molar-refractivity contribution in [2.45, 2.75) is 13.8 Å². The van der Waals surface area contributed by atoms with Gasteiger partial charge in [0, 0.05) is 23.9 Å². The molecule has 124 valence electrons. The van der Waals surface area contributed by atoms with Crippen LogP contribution in [0.15, 0.2) is 42.5 Å². The minimum absolute atomic E-state index is 0.0439. The van der Waals surface area contributed by atoms with Gasteiger partial charge < -0.3 is 15.4 Å². The Hall–Kier alpha value is -3.15. The van der Waals surface area contributed by atoms with Crippen LogP contribution in [0, 0.1) is 0 Å². The van der Waals surface area contributed by atoms with E-state index in [0.717, 1.165) is 0 Å². The molecule has 6 heteroatoms. The van der Waals surface area contributed by atoms with Gasteiger partial charge in [-0.1, -0.05) is 0 Å². The first-order valence-electron chi connectivity index (χ1n) is 7.28. The molecule has 0 atom stereocenters. The van der Waals surface area contributed by atoms with E-state index in [1.807, 2.05) is 0 Å². The van der Waals surface area contributed by atoms with E-state index in [1.54, 1.807) is 42.5 Å². The van der Waals surface area contributed by atoms with Crippen LogP contribution >= 0.6 is 0 Å². The summed E-state index contributed by atoms with van der Waals surface area (Å²) in [5.41, 5.74) is 1.91. The van der Waals surface area contributed by atoms with Crippen molar-refractivity contribution in [2.24, 2.45) is 0 Å². The van der Waals surface area contributed by atoms with Gasteiger partial charge in [-0.25, -0.2) is 0 Å². The minimum Gasteiger partial charge on any atom is -0.496 e. The summed E-state index contributed by atoms with van der Waals surface area (Å²) in [5, 5.41) is 5.36. The number of Topliss-reactive ketones (excluding diaryl/α,β-unsaturated/α-hetero) is 1. The van der Waals surface area contributed by atoms with Crippen molar-refractivity contribution in [1.82, 2.24) is 0 Å². The summed E-state index contributed by atoms with van der Waals surface area (Å²) in [5.74, 6) is -0.263. The van der Waals surface area contributed by atoms with E-state index in [4.69, 9.17) is 4.74 Å². The van der Waals surface area contributed by atoms with Crippen molar-refractivity contribution in [3.05, 3.63) is 53.6 Å². The van der Waals surface area contributed by atoms with E-state index < -0.39 is 0 Å². The summed E-state index contributed by atoms with van der Waals surface area (Å²) >= 11 is 0. The fraction of sp³-hybridized carbons (Fsp3) is 0.167. The number of methoxy groups -OCH3 is 1. The highest BCUT2D eigenvalue weighted by atomic mass is 16.5. The highest BCUT2D eigenvalue weighted by Gasteiger charge is 2.14. The average Bonchev–Trinajstić information content (AvgIpc) is 2.54. The molecule has 2 amide bonds. The standard InChI is InChI=1S/C18H18N2O4/c1-11(21)13-4-6-14(7-5-13)20-18(23)16-10-15(19-12(2)22)8-9-17(16)24-3/h4-10H,1-3H3,(H,19,22)(H,20,23). The molecule has 2 rings (SSSR count). The first-order valence-corrected chi connectivity index (χ1v) is 7.28. The molecule has 0 fully saturated rings. The molecule has 0 bridgehead atoms. The van der Waals surface area contributed by atoms with Crippen LogP contribution in [0.3, 0.4) is 0 Å². The Morgan fingerprint density at radius 3 is 2.04 bits per heavy atom. The summed E-state index contributed by atoms with van der Waals surface area (Å²) in [7, 11) is 1.46. The second-order valence-corrected chi connectivity index (χ2v) is 5.18. The van der Waals surface area contributed by atoms with Crippen molar-refractivity contribution in [1.29, 1.82) is 0 Å². The molecular formula is C18H18N2O4. The van der Waals surface area contributed by atoms with E-state index >= 15 is 0 Å². The third-order valence-corrected chi connectivity index (χ3v) is 3.31. The van der Waals surface area contributed by atoms with Gasteiger partial charge in [0.1, 0.15) is 5.75 Å². The van der Waals surface area contributed by atoms with Crippen molar-refractivity contribution in [3.63, 3.8) is 0 Å². The van der Waals surface area contributed by atoms with Gasteiger partial charge in [-0.2, -0.15) is 0 Å². The fourth-order valence-corrected chi connectivity index (χ4v) is 2.15. The monoisotopic (exact) mass is 326 g/mol. The number of carbonyl (C=O) groups is 3. The molecule has 0 saturated heterocycles. The van der Waals surface area contributed by atoms with Crippen LogP contribution in [0.2, 0.25) is 0 Å². The molecule has 0 aromatic heterocycles. The van der Waals surface area contributed by atoms with E-state index in [2.05, 4.69) is 10.6 Å². The molecule has 2 aromatic rings. The molecule has 6 nitrogen and oxygen atoms in total. The molecule has 0 heterocycles. The number of hydrogen-bond donors (Lipinski definition) is 2. The molecule has 0 aliphatic heterocycles. The Morgan fingerprint density at radius 1 is 0.875 bits per heavy atom. The number of hydrogen-bond acceptors (Lipinski definition) is 4. The predicted molar refractivity (Wildman–Crippen MR) is 91.7 cm³/mol. The summed E-state index contributed by atoms with van der Waals surface area (Å²) in [4.78, 5) is 34.9. The lowest BCUT2D eigenvalue weighted by atomic mass is 10.1. The van der Waals surface area contributed by atoms with Crippen LogP contribution in [0.1, 0.15) is 34.6 Å². The Bertz CT molecular complexity index is 782. The summed E-state index contributed by atoms with van der Waals surface area (Å²) in [6, 6.07) is 11.4. The second-order valence-electron chi connectivity index (χ2n) is 5.18. The van der Waals surface area contributed by atoms with Gasteiger partial charge >= 0.3 is 0 Å². The number of anilines is 2. The number of benzene rings is 2. The van der Waals surface area contributed by atoms with Crippen LogP contribution in [0.5, 0.6) is 5.75 Å². The van der Waals surface area contributed by atoms with Gasteiger partial charge in [0.2, 0.25) is 5.91 Å². The van der Waals surface area contributed by atoms with Gasteiger partial charge in [0.15, 0.2) is 5.78 Å². The molecule has 0 spiro atoms. The molecular weight excluding hydrogens is 308 g/mol. The molecule has 2 N–H and O–H groups in total.